The van der Waals surface area contributed by atoms with Gasteiger partial charge in [0.1, 0.15) is 0 Å². The standard InChI is InChI=1S/C17H35NO/c1-14(2)9-7-10-15(3)11-8-12-16(4)13-17(19)18(5)6/h14-16H,7-13H2,1-6H3. The summed E-state index contributed by atoms with van der Waals surface area (Å²) in [6.45, 7) is 9.17. The van der Waals surface area contributed by atoms with Gasteiger partial charge >= 0.3 is 0 Å². The molecule has 0 N–H and O–H groups in total. The molecule has 1 amide bonds. The summed E-state index contributed by atoms with van der Waals surface area (Å²) in [5.41, 5.74) is 0. The van der Waals surface area contributed by atoms with Gasteiger partial charge in [-0.3, -0.25) is 4.79 Å². The fraction of sp³-hybridized carbons (Fsp3) is 0.941. The maximum absolute atomic E-state index is 11.6. The summed E-state index contributed by atoms with van der Waals surface area (Å²) < 4.78 is 0. The highest BCUT2D eigenvalue weighted by atomic mass is 16.2. The van der Waals surface area contributed by atoms with E-state index in [2.05, 4.69) is 27.7 Å². The van der Waals surface area contributed by atoms with Crippen molar-refractivity contribution in [1.82, 2.24) is 4.90 Å². The first kappa shape index (κ1) is 18.5. The zero-order chi connectivity index (χ0) is 14.8. The highest BCUT2D eigenvalue weighted by molar-refractivity contribution is 5.75. The summed E-state index contributed by atoms with van der Waals surface area (Å²) in [5.74, 6) is 2.47. The Hall–Kier alpha value is -0.530. The molecule has 0 spiro atoms. The summed E-state index contributed by atoms with van der Waals surface area (Å²) >= 11 is 0. The van der Waals surface area contributed by atoms with E-state index in [-0.39, 0.29) is 5.91 Å². The van der Waals surface area contributed by atoms with E-state index in [0.717, 1.165) is 11.8 Å². The van der Waals surface area contributed by atoms with Crippen LogP contribution < -0.4 is 0 Å². The van der Waals surface area contributed by atoms with Crippen LogP contribution >= 0.6 is 0 Å². The number of rotatable bonds is 10. The lowest BCUT2D eigenvalue weighted by Gasteiger charge is -2.16. The van der Waals surface area contributed by atoms with Crippen LogP contribution in [0, 0.1) is 17.8 Å². The Morgan fingerprint density at radius 3 is 1.79 bits per heavy atom. The maximum Gasteiger partial charge on any atom is 0.222 e. The van der Waals surface area contributed by atoms with Gasteiger partial charge in [0.2, 0.25) is 5.91 Å². The largest absolute Gasteiger partial charge is 0.349 e. The summed E-state index contributed by atoms with van der Waals surface area (Å²) in [7, 11) is 3.68. The topological polar surface area (TPSA) is 20.3 Å². The molecule has 0 fully saturated rings. The molecule has 0 rings (SSSR count). The smallest absolute Gasteiger partial charge is 0.222 e. The van der Waals surface area contributed by atoms with Crippen LogP contribution in [0.5, 0.6) is 0 Å². The predicted octanol–water partition coefficient (Wildman–Crippen LogP) is 4.73. The molecule has 0 heterocycles. The van der Waals surface area contributed by atoms with E-state index in [9.17, 15) is 4.79 Å². The van der Waals surface area contributed by atoms with Gasteiger partial charge in [-0.2, -0.15) is 0 Å². The molecule has 114 valence electrons. The summed E-state index contributed by atoms with van der Waals surface area (Å²) in [4.78, 5) is 13.3. The van der Waals surface area contributed by atoms with Gasteiger partial charge in [0, 0.05) is 20.5 Å². The second-order valence-corrected chi connectivity index (χ2v) is 6.96. The van der Waals surface area contributed by atoms with E-state index < -0.39 is 0 Å². The molecule has 0 aliphatic rings. The molecule has 0 aromatic rings. The molecule has 0 saturated carbocycles. The number of amides is 1. The summed E-state index contributed by atoms with van der Waals surface area (Å²) in [6, 6.07) is 0. The third-order valence-corrected chi connectivity index (χ3v) is 3.89. The highest BCUT2D eigenvalue weighted by Crippen LogP contribution is 2.20. The summed E-state index contributed by atoms with van der Waals surface area (Å²) in [6.07, 6.45) is 8.57. The third-order valence-electron chi connectivity index (χ3n) is 3.89. The molecule has 0 aliphatic heterocycles. The van der Waals surface area contributed by atoms with E-state index in [1.54, 1.807) is 4.90 Å². The van der Waals surface area contributed by atoms with Crippen LogP contribution in [0.2, 0.25) is 0 Å². The number of nitrogens with zero attached hydrogens (tertiary/aromatic N) is 1. The van der Waals surface area contributed by atoms with Crippen LogP contribution in [0.4, 0.5) is 0 Å². The van der Waals surface area contributed by atoms with Gasteiger partial charge in [0.05, 0.1) is 0 Å². The minimum absolute atomic E-state index is 0.262. The molecule has 0 radical (unpaired) electrons. The molecule has 0 aromatic carbocycles. The minimum Gasteiger partial charge on any atom is -0.349 e. The van der Waals surface area contributed by atoms with Gasteiger partial charge < -0.3 is 4.90 Å². The zero-order valence-electron chi connectivity index (χ0n) is 14.0. The van der Waals surface area contributed by atoms with Crippen LogP contribution in [-0.4, -0.2) is 24.9 Å². The molecule has 0 aliphatic carbocycles. The molecule has 19 heavy (non-hydrogen) atoms. The Balaban J connectivity index is 3.58. The van der Waals surface area contributed by atoms with Crippen molar-refractivity contribution in [2.45, 2.75) is 72.6 Å². The molecule has 2 nitrogen and oxygen atoms in total. The Kier molecular flexibility index (Phi) is 9.99. The average molecular weight is 269 g/mol. The van der Waals surface area contributed by atoms with E-state index in [1.165, 1.54) is 38.5 Å². The Morgan fingerprint density at radius 1 is 0.842 bits per heavy atom. The number of hydrogen-bond acceptors (Lipinski definition) is 1. The van der Waals surface area contributed by atoms with Crippen LogP contribution in [0.3, 0.4) is 0 Å². The van der Waals surface area contributed by atoms with E-state index in [4.69, 9.17) is 0 Å². The molecule has 2 heteroatoms. The third kappa shape index (κ3) is 11.0. The molecule has 0 saturated heterocycles. The average Bonchev–Trinajstić information content (AvgIpc) is 2.28. The second kappa shape index (κ2) is 10.3. The van der Waals surface area contributed by atoms with Gasteiger partial charge in [-0.1, -0.05) is 66.2 Å². The van der Waals surface area contributed by atoms with Crippen molar-refractivity contribution in [2.75, 3.05) is 14.1 Å². The molecule has 0 aromatic heterocycles. The van der Waals surface area contributed by atoms with E-state index in [1.807, 2.05) is 14.1 Å². The highest BCUT2D eigenvalue weighted by Gasteiger charge is 2.11. The molecule has 0 bridgehead atoms. The van der Waals surface area contributed by atoms with Crippen LogP contribution in [-0.2, 0) is 4.79 Å². The number of hydrogen-bond donors (Lipinski definition) is 0. The quantitative estimate of drug-likeness (QED) is 0.561. The zero-order valence-corrected chi connectivity index (χ0v) is 14.0. The van der Waals surface area contributed by atoms with Gasteiger partial charge in [0.15, 0.2) is 0 Å². The van der Waals surface area contributed by atoms with Crippen molar-refractivity contribution in [1.29, 1.82) is 0 Å². The van der Waals surface area contributed by atoms with Crippen molar-refractivity contribution in [2.24, 2.45) is 17.8 Å². The molecular weight excluding hydrogens is 234 g/mol. The first-order valence-electron chi connectivity index (χ1n) is 8.03. The SMILES string of the molecule is CC(C)CCCC(C)CCCC(C)CC(=O)N(C)C. The van der Waals surface area contributed by atoms with E-state index >= 15 is 0 Å². The lowest BCUT2D eigenvalue weighted by Crippen LogP contribution is -2.23. The normalized spacial score (nSPS) is 14.5. The Morgan fingerprint density at radius 2 is 1.32 bits per heavy atom. The Labute approximate surface area is 120 Å². The van der Waals surface area contributed by atoms with Crippen molar-refractivity contribution < 1.29 is 4.79 Å². The molecular formula is C17H35NO. The van der Waals surface area contributed by atoms with Crippen LogP contribution in [0.25, 0.3) is 0 Å². The first-order chi connectivity index (χ1) is 8.82. The number of carbonyl (C=O) groups is 1. The molecule has 2 unspecified atom stereocenters. The van der Waals surface area contributed by atoms with Gasteiger partial charge in [-0.05, 0) is 17.8 Å². The fourth-order valence-electron chi connectivity index (χ4n) is 2.42. The van der Waals surface area contributed by atoms with Crippen LogP contribution in [0.15, 0.2) is 0 Å². The second-order valence-electron chi connectivity index (χ2n) is 6.96. The van der Waals surface area contributed by atoms with Crippen molar-refractivity contribution in [3.8, 4) is 0 Å². The van der Waals surface area contributed by atoms with E-state index in [0.29, 0.717) is 12.3 Å². The molecule has 2 atom stereocenters. The van der Waals surface area contributed by atoms with Gasteiger partial charge in [-0.15, -0.1) is 0 Å². The Bertz CT molecular complexity index is 235. The fourth-order valence-corrected chi connectivity index (χ4v) is 2.42. The van der Waals surface area contributed by atoms with Crippen molar-refractivity contribution >= 4 is 5.91 Å². The lowest BCUT2D eigenvalue weighted by molar-refractivity contribution is -0.129. The van der Waals surface area contributed by atoms with Gasteiger partial charge in [0.25, 0.3) is 0 Å². The van der Waals surface area contributed by atoms with Gasteiger partial charge in [-0.25, -0.2) is 0 Å². The lowest BCUT2D eigenvalue weighted by atomic mass is 9.92. The number of carbonyl (C=O) groups excluding carboxylic acids is 1. The van der Waals surface area contributed by atoms with Crippen molar-refractivity contribution in [3.05, 3.63) is 0 Å². The maximum atomic E-state index is 11.6. The predicted molar refractivity (Wildman–Crippen MR) is 84.2 cm³/mol. The monoisotopic (exact) mass is 269 g/mol. The van der Waals surface area contributed by atoms with Crippen molar-refractivity contribution in [3.63, 3.8) is 0 Å². The minimum atomic E-state index is 0.262. The first-order valence-corrected chi connectivity index (χ1v) is 8.03. The summed E-state index contributed by atoms with van der Waals surface area (Å²) in [5, 5.41) is 0. The van der Waals surface area contributed by atoms with Crippen LogP contribution in [0.1, 0.15) is 72.6 Å².